The lowest BCUT2D eigenvalue weighted by Crippen LogP contribution is -2.54. The zero-order valence-corrected chi connectivity index (χ0v) is 12.6. The second-order valence-electron chi connectivity index (χ2n) is 6.08. The van der Waals surface area contributed by atoms with Crippen molar-refractivity contribution in [2.45, 2.75) is 50.9 Å². The lowest BCUT2D eigenvalue weighted by atomic mass is 10.0. The number of nitrogens with one attached hydrogen (secondary N) is 1. The van der Waals surface area contributed by atoms with E-state index in [0.717, 1.165) is 32.4 Å². The summed E-state index contributed by atoms with van der Waals surface area (Å²) in [4.78, 5) is 14.6. The molecule has 4 heteroatoms. The Bertz CT molecular complexity index is 477. The van der Waals surface area contributed by atoms with Crippen LogP contribution in [0.2, 0.25) is 0 Å². The van der Waals surface area contributed by atoms with E-state index < -0.39 is 0 Å². The number of benzene rings is 1. The molecule has 0 saturated carbocycles. The molecule has 0 aromatic heterocycles. The number of carbonyl (C=O) groups excluding carboxylic acids is 1. The van der Waals surface area contributed by atoms with E-state index >= 15 is 0 Å². The van der Waals surface area contributed by atoms with Gasteiger partial charge in [-0.15, -0.1) is 0 Å². The summed E-state index contributed by atoms with van der Waals surface area (Å²) in [7, 11) is 0. The van der Waals surface area contributed by atoms with Crippen LogP contribution in [0.3, 0.4) is 0 Å². The number of hydrogen-bond acceptors (Lipinski definition) is 3. The van der Waals surface area contributed by atoms with Crippen molar-refractivity contribution in [1.29, 1.82) is 0 Å². The Morgan fingerprint density at radius 2 is 2.10 bits per heavy atom. The molecule has 2 saturated heterocycles. The first kappa shape index (κ1) is 14.5. The molecule has 3 atom stereocenters. The molecule has 4 nitrogen and oxygen atoms in total. The van der Waals surface area contributed by atoms with Gasteiger partial charge in [-0.25, -0.2) is 0 Å². The molecule has 1 amide bonds. The maximum absolute atomic E-state index is 12.6. The first-order valence-corrected chi connectivity index (χ1v) is 7.94. The Labute approximate surface area is 126 Å². The van der Waals surface area contributed by atoms with Gasteiger partial charge in [0.25, 0.3) is 0 Å². The molecule has 0 bridgehead atoms. The third-order valence-corrected chi connectivity index (χ3v) is 4.54. The van der Waals surface area contributed by atoms with Gasteiger partial charge in [0.1, 0.15) is 0 Å². The largest absolute Gasteiger partial charge is 0.377 e. The summed E-state index contributed by atoms with van der Waals surface area (Å²) in [6.07, 6.45) is 3.22. The number of amides is 1. The van der Waals surface area contributed by atoms with Crippen LogP contribution in [0.15, 0.2) is 30.3 Å². The lowest BCUT2D eigenvalue weighted by Gasteiger charge is -2.34. The van der Waals surface area contributed by atoms with E-state index in [4.69, 9.17) is 4.74 Å². The van der Waals surface area contributed by atoms with Crippen LogP contribution in [0.1, 0.15) is 31.7 Å². The predicted molar refractivity (Wildman–Crippen MR) is 81.8 cm³/mol. The van der Waals surface area contributed by atoms with E-state index in [0.29, 0.717) is 12.6 Å². The molecule has 0 radical (unpaired) electrons. The molecule has 2 heterocycles. The zero-order valence-electron chi connectivity index (χ0n) is 12.6. The molecule has 2 aliphatic rings. The van der Waals surface area contributed by atoms with Crippen LogP contribution in [0.4, 0.5) is 0 Å². The first-order chi connectivity index (χ1) is 10.2. The van der Waals surface area contributed by atoms with Crippen molar-refractivity contribution in [3.8, 4) is 0 Å². The number of ether oxygens (including phenoxy) is 1. The minimum Gasteiger partial charge on any atom is -0.377 e. The van der Waals surface area contributed by atoms with Crippen molar-refractivity contribution in [2.24, 2.45) is 0 Å². The zero-order chi connectivity index (χ0) is 14.7. The number of hydrogen-bond donors (Lipinski definition) is 1. The average Bonchev–Trinajstić information content (AvgIpc) is 2.90. The normalized spacial score (nSPS) is 29.9. The maximum atomic E-state index is 12.6. The first-order valence-electron chi connectivity index (χ1n) is 7.94. The Morgan fingerprint density at radius 1 is 1.29 bits per heavy atom. The van der Waals surface area contributed by atoms with Crippen molar-refractivity contribution >= 4 is 5.91 Å². The van der Waals surface area contributed by atoms with Crippen molar-refractivity contribution in [2.75, 3.05) is 13.2 Å². The van der Waals surface area contributed by atoms with Gasteiger partial charge >= 0.3 is 0 Å². The van der Waals surface area contributed by atoms with Crippen molar-refractivity contribution < 1.29 is 9.53 Å². The van der Waals surface area contributed by atoms with Crippen LogP contribution in [0.5, 0.6) is 0 Å². The van der Waals surface area contributed by atoms with Gasteiger partial charge in [0.05, 0.1) is 12.1 Å². The van der Waals surface area contributed by atoms with Gasteiger partial charge in [-0.3, -0.25) is 4.79 Å². The second-order valence-corrected chi connectivity index (χ2v) is 6.08. The summed E-state index contributed by atoms with van der Waals surface area (Å²) in [6.45, 7) is 4.46. The van der Waals surface area contributed by atoms with Crippen LogP contribution in [0, 0.1) is 0 Å². The lowest BCUT2D eigenvalue weighted by molar-refractivity contribution is -0.137. The molecule has 1 aromatic carbocycles. The predicted octanol–water partition coefficient (Wildman–Crippen LogP) is 1.94. The highest BCUT2D eigenvalue weighted by Gasteiger charge is 2.33. The highest BCUT2D eigenvalue weighted by Crippen LogP contribution is 2.19. The highest BCUT2D eigenvalue weighted by molar-refractivity contribution is 5.82. The van der Waals surface area contributed by atoms with E-state index in [2.05, 4.69) is 24.4 Å². The summed E-state index contributed by atoms with van der Waals surface area (Å²) < 4.78 is 5.58. The summed E-state index contributed by atoms with van der Waals surface area (Å²) in [5.74, 6) is 0.240. The summed E-state index contributed by atoms with van der Waals surface area (Å²) in [5, 5.41) is 3.52. The Balaban J connectivity index is 1.60. The SMILES string of the molecule is CC1OCCC1NC1CCCN(Cc2ccccc2)C1=O. The molecule has 1 aromatic rings. The molecule has 2 aliphatic heterocycles. The fraction of sp³-hybridized carbons (Fsp3) is 0.588. The molecular weight excluding hydrogens is 264 g/mol. The molecule has 114 valence electrons. The van der Waals surface area contributed by atoms with Crippen molar-refractivity contribution in [3.05, 3.63) is 35.9 Å². The Kier molecular flexibility index (Phi) is 4.56. The monoisotopic (exact) mass is 288 g/mol. The van der Waals surface area contributed by atoms with Gasteiger partial charge in [-0.2, -0.15) is 0 Å². The number of piperidine rings is 1. The van der Waals surface area contributed by atoms with Crippen LogP contribution in [0.25, 0.3) is 0 Å². The second kappa shape index (κ2) is 6.58. The summed E-state index contributed by atoms with van der Waals surface area (Å²) in [5.41, 5.74) is 1.20. The number of nitrogens with zero attached hydrogens (tertiary/aromatic N) is 1. The van der Waals surface area contributed by atoms with Gasteiger partial charge in [0.2, 0.25) is 5.91 Å². The third-order valence-electron chi connectivity index (χ3n) is 4.54. The smallest absolute Gasteiger partial charge is 0.240 e. The number of carbonyl (C=O) groups is 1. The standard InChI is InChI=1S/C17H24N2O2/c1-13-15(9-11-21-13)18-16-8-5-10-19(17(16)20)12-14-6-3-2-4-7-14/h2-4,6-7,13,15-16,18H,5,8-12H2,1H3. The van der Waals surface area contributed by atoms with Gasteiger partial charge in [-0.1, -0.05) is 30.3 Å². The van der Waals surface area contributed by atoms with E-state index in [1.165, 1.54) is 5.56 Å². The quantitative estimate of drug-likeness (QED) is 0.920. The van der Waals surface area contributed by atoms with E-state index in [1.807, 2.05) is 23.1 Å². The van der Waals surface area contributed by atoms with E-state index in [-0.39, 0.29) is 18.1 Å². The fourth-order valence-electron chi connectivity index (χ4n) is 3.26. The third kappa shape index (κ3) is 3.44. The molecule has 21 heavy (non-hydrogen) atoms. The van der Waals surface area contributed by atoms with E-state index in [9.17, 15) is 4.79 Å². The Morgan fingerprint density at radius 3 is 2.81 bits per heavy atom. The molecule has 2 fully saturated rings. The van der Waals surface area contributed by atoms with E-state index in [1.54, 1.807) is 0 Å². The van der Waals surface area contributed by atoms with Crippen LogP contribution in [-0.4, -0.2) is 42.1 Å². The molecule has 1 N–H and O–H groups in total. The average molecular weight is 288 g/mol. The van der Waals surface area contributed by atoms with Gasteiger partial charge in [0.15, 0.2) is 0 Å². The van der Waals surface area contributed by atoms with Crippen LogP contribution in [-0.2, 0) is 16.1 Å². The molecule has 0 aliphatic carbocycles. The van der Waals surface area contributed by atoms with Gasteiger partial charge < -0.3 is 15.0 Å². The fourth-order valence-corrected chi connectivity index (χ4v) is 3.26. The minimum atomic E-state index is -0.0448. The van der Waals surface area contributed by atoms with Gasteiger partial charge in [-0.05, 0) is 31.7 Å². The molecule has 3 unspecified atom stereocenters. The molecule has 3 rings (SSSR count). The van der Waals surface area contributed by atoms with Gasteiger partial charge in [0, 0.05) is 25.7 Å². The minimum absolute atomic E-state index is 0.0448. The summed E-state index contributed by atoms with van der Waals surface area (Å²) >= 11 is 0. The molecular formula is C17H24N2O2. The number of likely N-dealkylation sites (tertiary alicyclic amines) is 1. The maximum Gasteiger partial charge on any atom is 0.240 e. The summed E-state index contributed by atoms with van der Waals surface area (Å²) in [6, 6.07) is 10.5. The topological polar surface area (TPSA) is 41.6 Å². The van der Waals surface area contributed by atoms with Crippen molar-refractivity contribution in [3.63, 3.8) is 0 Å². The molecule has 0 spiro atoms. The Hall–Kier alpha value is -1.39. The highest BCUT2D eigenvalue weighted by atomic mass is 16.5. The van der Waals surface area contributed by atoms with Crippen LogP contribution < -0.4 is 5.32 Å². The number of rotatable bonds is 4. The van der Waals surface area contributed by atoms with Crippen molar-refractivity contribution in [1.82, 2.24) is 10.2 Å². The van der Waals surface area contributed by atoms with Crippen LogP contribution >= 0.6 is 0 Å².